The first-order valence-corrected chi connectivity index (χ1v) is 19.1. The van der Waals surface area contributed by atoms with Crippen molar-refractivity contribution >= 4 is 80.2 Å². The summed E-state index contributed by atoms with van der Waals surface area (Å²) in [5, 5.41) is 2.53. The van der Waals surface area contributed by atoms with Crippen LogP contribution in [0.4, 0.5) is 31.8 Å². The van der Waals surface area contributed by atoms with Gasteiger partial charge in [-0.25, -0.2) is 29.3 Å². The molecule has 1 aliphatic rings. The molecule has 302 valence electrons. The van der Waals surface area contributed by atoms with Crippen LogP contribution in [-0.4, -0.2) is 82.5 Å². The van der Waals surface area contributed by atoms with Crippen molar-refractivity contribution < 1.29 is 37.9 Å². The van der Waals surface area contributed by atoms with E-state index in [1.54, 1.807) is 57.0 Å². The minimum atomic E-state index is -0.548. The Morgan fingerprint density at radius 3 is 1.38 bits per heavy atom. The van der Waals surface area contributed by atoms with E-state index in [1.807, 2.05) is 102 Å². The van der Waals surface area contributed by atoms with Crippen LogP contribution >= 0.6 is 31.9 Å². The fraction of sp³-hybridized carbons (Fsp3) is 0.526. The average Bonchev–Trinajstić information content (AvgIpc) is 3.26. The Bertz CT molecular complexity index is 1710. The van der Waals surface area contributed by atoms with Crippen molar-refractivity contribution in [3.8, 4) is 0 Å². The van der Waals surface area contributed by atoms with E-state index in [0.29, 0.717) is 17.5 Å². The standard InChI is InChI=1S/C17H27BN2O4.C11H15BrN2O2.C10H13BrN2O2/c1-15(2,3)22-14(21)20(8)13-10-9-12(11-19-13)18-23-16(4,5)17(6,7)24-18;1-11(2,3)16-10(15)14(4)9-6-5-8(12)7-13-9;1-10(2,3)15-9(14)13-8-5-4-7(11)6-12-8/h9-11H,1-8H3;5-7H,1-4H3;4-6H,1-3H3,(H,12,13,14). The van der Waals surface area contributed by atoms with Crippen LogP contribution in [0.3, 0.4) is 0 Å². The van der Waals surface area contributed by atoms with Crippen LogP contribution in [-0.2, 0) is 23.5 Å². The van der Waals surface area contributed by atoms with Gasteiger partial charge in [0.05, 0.1) is 11.2 Å². The molecule has 0 aromatic carbocycles. The second-order valence-corrected chi connectivity index (χ2v) is 18.3. The SMILES string of the molecule is CC(C)(C)OC(=O)Nc1ccc(Br)cn1.CN(C(=O)OC(C)(C)C)c1ccc(B2OC(C)(C)C(C)(C)O2)cn1.CN(C(=O)OC(C)(C)C)c1ccc(Br)cn1. The summed E-state index contributed by atoms with van der Waals surface area (Å²) in [5.41, 5.74) is -1.53. The summed E-state index contributed by atoms with van der Waals surface area (Å²) in [7, 11) is 2.79. The molecule has 17 heteroatoms. The lowest BCUT2D eigenvalue weighted by Gasteiger charge is -2.32. The monoisotopic (exact) mass is 892 g/mol. The van der Waals surface area contributed by atoms with E-state index in [0.717, 1.165) is 14.4 Å². The predicted octanol–water partition coefficient (Wildman–Crippen LogP) is 9.16. The summed E-state index contributed by atoms with van der Waals surface area (Å²) in [6.45, 7) is 24.4. The molecule has 55 heavy (non-hydrogen) atoms. The van der Waals surface area contributed by atoms with Crippen LogP contribution in [0, 0.1) is 0 Å². The number of hydrogen-bond donors (Lipinski definition) is 1. The van der Waals surface area contributed by atoms with Crippen molar-refractivity contribution in [3.05, 3.63) is 63.9 Å². The number of halogens is 2. The van der Waals surface area contributed by atoms with E-state index in [1.165, 1.54) is 9.80 Å². The Balaban J connectivity index is 0.000000297. The first kappa shape index (κ1) is 47.4. The lowest BCUT2D eigenvalue weighted by Crippen LogP contribution is -2.41. The molecule has 3 aromatic rings. The van der Waals surface area contributed by atoms with Gasteiger partial charge < -0.3 is 23.5 Å². The van der Waals surface area contributed by atoms with Crippen molar-refractivity contribution in [3.63, 3.8) is 0 Å². The molecule has 0 unspecified atom stereocenters. The third-order valence-electron chi connectivity index (χ3n) is 7.39. The fourth-order valence-electron chi connectivity index (χ4n) is 3.99. The second kappa shape index (κ2) is 18.9. The van der Waals surface area contributed by atoms with Gasteiger partial charge in [-0.1, -0.05) is 6.07 Å². The van der Waals surface area contributed by atoms with Gasteiger partial charge in [0.1, 0.15) is 34.3 Å². The molecule has 1 saturated heterocycles. The number of ether oxygens (including phenoxy) is 3. The first-order valence-electron chi connectivity index (χ1n) is 17.5. The maximum absolute atomic E-state index is 12.1. The maximum Gasteiger partial charge on any atom is 0.496 e. The van der Waals surface area contributed by atoms with Crippen molar-refractivity contribution in [1.29, 1.82) is 0 Å². The predicted molar refractivity (Wildman–Crippen MR) is 223 cm³/mol. The molecule has 0 spiro atoms. The molecule has 3 amide bonds. The van der Waals surface area contributed by atoms with Crippen molar-refractivity contribution in [2.45, 2.75) is 118 Å². The Morgan fingerprint density at radius 1 is 0.636 bits per heavy atom. The second-order valence-electron chi connectivity index (χ2n) is 16.4. The lowest BCUT2D eigenvalue weighted by molar-refractivity contribution is 0.00578. The maximum atomic E-state index is 12.1. The van der Waals surface area contributed by atoms with Crippen LogP contribution < -0.4 is 20.6 Å². The highest BCUT2D eigenvalue weighted by Crippen LogP contribution is 2.36. The number of aromatic nitrogens is 3. The summed E-state index contributed by atoms with van der Waals surface area (Å²) in [6, 6.07) is 10.7. The van der Waals surface area contributed by atoms with Crippen LogP contribution in [0.25, 0.3) is 0 Å². The summed E-state index contributed by atoms with van der Waals surface area (Å²) >= 11 is 6.54. The molecule has 0 atom stereocenters. The molecular formula is C38H55BBr2N6O8. The number of nitrogens with zero attached hydrogens (tertiary/aromatic N) is 5. The van der Waals surface area contributed by atoms with Crippen LogP contribution in [0.1, 0.15) is 90.0 Å². The highest BCUT2D eigenvalue weighted by molar-refractivity contribution is 9.10. The number of carbonyl (C=O) groups excluding carboxylic acids is 3. The number of anilines is 3. The smallest absolute Gasteiger partial charge is 0.444 e. The van der Waals surface area contributed by atoms with Gasteiger partial charge in [-0.3, -0.25) is 15.1 Å². The molecule has 0 saturated carbocycles. The normalized spacial score (nSPS) is 14.6. The quantitative estimate of drug-likeness (QED) is 0.197. The molecule has 14 nitrogen and oxygen atoms in total. The summed E-state index contributed by atoms with van der Waals surface area (Å²) in [6.07, 6.45) is 3.54. The van der Waals surface area contributed by atoms with Crippen molar-refractivity contribution in [2.24, 2.45) is 0 Å². The molecule has 4 rings (SSSR count). The molecule has 4 heterocycles. The minimum absolute atomic E-state index is 0.399. The third kappa shape index (κ3) is 16.5. The zero-order valence-electron chi connectivity index (χ0n) is 34.5. The fourth-order valence-corrected chi connectivity index (χ4v) is 4.46. The highest BCUT2D eigenvalue weighted by Gasteiger charge is 2.51. The Hall–Kier alpha value is -3.80. The van der Waals surface area contributed by atoms with E-state index < -0.39 is 53.4 Å². The molecule has 0 bridgehead atoms. The molecule has 0 radical (unpaired) electrons. The summed E-state index contributed by atoms with van der Waals surface area (Å²) in [5.74, 6) is 1.52. The van der Waals surface area contributed by atoms with E-state index in [9.17, 15) is 14.4 Å². The van der Waals surface area contributed by atoms with Gasteiger partial charge in [0.2, 0.25) is 0 Å². The molecular weight excluding hydrogens is 839 g/mol. The molecule has 1 aliphatic heterocycles. The average molecular weight is 895 g/mol. The Kier molecular flexibility index (Phi) is 16.3. The lowest BCUT2D eigenvalue weighted by atomic mass is 9.80. The number of carbonyl (C=O) groups is 3. The van der Waals surface area contributed by atoms with Gasteiger partial charge in [-0.15, -0.1) is 0 Å². The number of amides is 3. The third-order valence-corrected chi connectivity index (χ3v) is 8.32. The zero-order chi connectivity index (χ0) is 42.2. The van der Waals surface area contributed by atoms with Crippen molar-refractivity contribution in [2.75, 3.05) is 29.2 Å². The summed E-state index contributed by atoms with van der Waals surface area (Å²) < 4.78 is 29.3. The number of nitrogens with one attached hydrogen (secondary N) is 1. The van der Waals surface area contributed by atoms with Crippen LogP contribution in [0.15, 0.2) is 63.9 Å². The highest BCUT2D eigenvalue weighted by atomic mass is 79.9. The van der Waals surface area contributed by atoms with Gasteiger partial charge >= 0.3 is 25.4 Å². The first-order chi connectivity index (χ1) is 25.0. The number of hydrogen-bond acceptors (Lipinski definition) is 11. The van der Waals surface area contributed by atoms with Gasteiger partial charge in [0, 0.05) is 47.1 Å². The van der Waals surface area contributed by atoms with E-state index in [4.69, 9.17) is 23.5 Å². The van der Waals surface area contributed by atoms with E-state index in [-0.39, 0.29) is 0 Å². The molecule has 3 aromatic heterocycles. The van der Waals surface area contributed by atoms with E-state index >= 15 is 0 Å². The van der Waals surface area contributed by atoms with Crippen molar-refractivity contribution in [1.82, 2.24) is 15.0 Å². The van der Waals surface area contributed by atoms with Gasteiger partial charge in [-0.05, 0) is 152 Å². The summed E-state index contributed by atoms with van der Waals surface area (Å²) in [4.78, 5) is 50.3. The molecule has 0 aliphatic carbocycles. The topological polar surface area (TPSA) is 155 Å². The van der Waals surface area contributed by atoms with Gasteiger partial charge in [-0.2, -0.15) is 0 Å². The van der Waals surface area contributed by atoms with E-state index in [2.05, 4.69) is 52.1 Å². The van der Waals surface area contributed by atoms with Gasteiger partial charge in [0.25, 0.3) is 0 Å². The number of rotatable bonds is 4. The largest absolute Gasteiger partial charge is 0.496 e. The van der Waals surface area contributed by atoms with Crippen LogP contribution in [0.2, 0.25) is 0 Å². The van der Waals surface area contributed by atoms with Gasteiger partial charge in [0.15, 0.2) is 0 Å². The zero-order valence-corrected chi connectivity index (χ0v) is 37.7. The number of pyridine rings is 3. The molecule has 1 N–H and O–H groups in total. The van der Waals surface area contributed by atoms with Crippen LogP contribution in [0.5, 0.6) is 0 Å². The Morgan fingerprint density at radius 2 is 1.04 bits per heavy atom. The minimum Gasteiger partial charge on any atom is -0.444 e. The Labute approximate surface area is 342 Å². The molecule has 1 fully saturated rings.